The van der Waals surface area contributed by atoms with E-state index in [1.807, 2.05) is 0 Å². The summed E-state index contributed by atoms with van der Waals surface area (Å²) in [6, 6.07) is 13.7. The third-order valence-corrected chi connectivity index (χ3v) is 4.16. The van der Waals surface area contributed by atoms with Gasteiger partial charge in [-0.15, -0.1) is 0 Å². The minimum absolute atomic E-state index is 0.0494. The third kappa shape index (κ3) is 6.97. The number of unbranched alkanes of at least 4 members (excludes halogenated alkanes) is 1. The van der Waals surface area contributed by atoms with Gasteiger partial charge in [-0.25, -0.2) is 0 Å². The lowest BCUT2D eigenvalue weighted by molar-refractivity contribution is -0.116. The smallest absolute Gasteiger partial charge is 0.258 e. The van der Waals surface area contributed by atoms with Gasteiger partial charge in [-0.05, 0) is 68.0 Å². The van der Waals surface area contributed by atoms with Crippen molar-refractivity contribution in [3.05, 3.63) is 59.1 Å². The molecule has 5 N–H and O–H groups in total. The van der Waals surface area contributed by atoms with E-state index >= 15 is 0 Å². The molecule has 0 heterocycles. The Balaban J connectivity index is 1.85. The number of hydrogen-bond donors (Lipinski definition) is 4. The molecule has 27 heavy (non-hydrogen) atoms. The molecule has 0 spiro atoms. The Bertz CT molecular complexity index is 812. The highest BCUT2D eigenvalue weighted by Gasteiger charge is 2.11. The first-order valence-corrected chi connectivity index (χ1v) is 9.25. The van der Waals surface area contributed by atoms with E-state index < -0.39 is 0 Å². The van der Waals surface area contributed by atoms with Gasteiger partial charge >= 0.3 is 0 Å². The number of carbonyl (C=O) groups excluding carboxylic acids is 2. The summed E-state index contributed by atoms with van der Waals surface area (Å²) < 4.78 is 0. The van der Waals surface area contributed by atoms with Crippen LogP contribution in [0, 0.1) is 0 Å². The first-order valence-electron chi connectivity index (χ1n) is 8.46. The number of carbonyl (C=O) groups is 2. The molecule has 0 aromatic heterocycles. The van der Waals surface area contributed by atoms with Crippen molar-refractivity contribution in [2.24, 2.45) is 5.73 Å². The molecule has 0 atom stereocenters. The second-order valence-electron chi connectivity index (χ2n) is 5.76. The predicted octanol–water partition coefficient (Wildman–Crippen LogP) is 3.53. The van der Waals surface area contributed by atoms with Gasteiger partial charge in [0.1, 0.15) is 0 Å². The topological polar surface area (TPSA) is 96.2 Å². The van der Waals surface area contributed by atoms with Crippen LogP contribution >= 0.6 is 23.8 Å². The summed E-state index contributed by atoms with van der Waals surface area (Å²) in [6.07, 6.45) is 2.03. The van der Waals surface area contributed by atoms with Crippen molar-refractivity contribution in [3.8, 4) is 0 Å². The van der Waals surface area contributed by atoms with Crippen molar-refractivity contribution in [2.45, 2.75) is 19.3 Å². The Morgan fingerprint density at radius 2 is 1.59 bits per heavy atom. The fourth-order valence-corrected chi connectivity index (χ4v) is 2.70. The summed E-state index contributed by atoms with van der Waals surface area (Å²) in [4.78, 5) is 24.0. The molecule has 2 aromatic rings. The average Bonchev–Trinajstić information content (AvgIpc) is 2.64. The molecule has 2 amide bonds. The molecule has 2 rings (SSSR count). The van der Waals surface area contributed by atoms with Crippen molar-refractivity contribution >= 4 is 52.1 Å². The molecule has 0 fully saturated rings. The fraction of sp³-hybridized carbons (Fsp3) is 0.211. The van der Waals surface area contributed by atoms with Gasteiger partial charge in [0.15, 0.2) is 5.11 Å². The van der Waals surface area contributed by atoms with Gasteiger partial charge in [-0.3, -0.25) is 14.9 Å². The molecule has 0 saturated heterocycles. The van der Waals surface area contributed by atoms with E-state index in [0.29, 0.717) is 34.9 Å². The SMILES string of the molecule is NCCCCC(=O)Nc1ccc(NC(=S)NC(=O)c2ccccc2Cl)cc1. The number of amides is 2. The number of rotatable bonds is 7. The third-order valence-electron chi connectivity index (χ3n) is 3.63. The van der Waals surface area contributed by atoms with Crippen LogP contribution in [0.1, 0.15) is 29.6 Å². The summed E-state index contributed by atoms with van der Waals surface area (Å²) in [5.41, 5.74) is 7.12. The zero-order valence-corrected chi connectivity index (χ0v) is 16.2. The van der Waals surface area contributed by atoms with Gasteiger partial charge in [0.25, 0.3) is 5.91 Å². The lowest BCUT2D eigenvalue weighted by Gasteiger charge is -2.11. The van der Waals surface area contributed by atoms with Gasteiger partial charge in [-0.1, -0.05) is 23.7 Å². The second-order valence-corrected chi connectivity index (χ2v) is 6.57. The molecule has 2 aromatic carbocycles. The quantitative estimate of drug-likeness (QED) is 0.418. The summed E-state index contributed by atoms with van der Waals surface area (Å²) >= 11 is 11.1. The van der Waals surface area contributed by atoms with E-state index in [2.05, 4.69) is 16.0 Å². The Kier molecular flexibility index (Phi) is 8.19. The fourth-order valence-electron chi connectivity index (χ4n) is 2.27. The molecule has 0 aliphatic rings. The first-order chi connectivity index (χ1) is 13.0. The molecule has 6 nitrogen and oxygen atoms in total. The number of halogens is 1. The molecule has 8 heteroatoms. The summed E-state index contributed by atoms with van der Waals surface area (Å²) in [7, 11) is 0. The molecular formula is C19H21ClN4O2S. The van der Waals surface area contributed by atoms with Crippen molar-refractivity contribution < 1.29 is 9.59 Å². The van der Waals surface area contributed by atoms with Crippen LogP contribution in [0.5, 0.6) is 0 Å². The van der Waals surface area contributed by atoms with E-state index in [1.165, 1.54) is 0 Å². The normalized spacial score (nSPS) is 10.1. The molecule has 0 unspecified atom stereocenters. The Morgan fingerprint density at radius 3 is 2.22 bits per heavy atom. The van der Waals surface area contributed by atoms with Gasteiger partial charge in [0.2, 0.25) is 5.91 Å². The highest BCUT2D eigenvalue weighted by Crippen LogP contribution is 2.16. The van der Waals surface area contributed by atoms with Gasteiger partial charge < -0.3 is 16.4 Å². The van der Waals surface area contributed by atoms with Crippen LogP contribution in [0.3, 0.4) is 0 Å². The minimum atomic E-state index is -0.389. The second kappa shape index (κ2) is 10.6. The van der Waals surface area contributed by atoms with Crippen LogP contribution in [0.4, 0.5) is 11.4 Å². The van der Waals surface area contributed by atoms with Crippen LogP contribution in [-0.4, -0.2) is 23.5 Å². The molecule has 0 bridgehead atoms. The Hall–Kier alpha value is -2.48. The van der Waals surface area contributed by atoms with E-state index in [1.54, 1.807) is 48.5 Å². The standard InChI is InChI=1S/C19H21ClN4O2S/c20-16-6-2-1-5-15(16)18(26)24-19(27)23-14-10-8-13(9-11-14)22-17(25)7-3-4-12-21/h1-2,5-6,8-11H,3-4,7,12,21H2,(H,22,25)(H2,23,24,26,27). The number of anilines is 2. The zero-order valence-electron chi connectivity index (χ0n) is 14.6. The van der Waals surface area contributed by atoms with Crippen molar-refractivity contribution in [3.63, 3.8) is 0 Å². The maximum Gasteiger partial charge on any atom is 0.258 e. The number of nitrogens with two attached hydrogens (primary N) is 1. The van der Waals surface area contributed by atoms with Crippen molar-refractivity contribution in [1.29, 1.82) is 0 Å². The van der Waals surface area contributed by atoms with Crippen LogP contribution < -0.4 is 21.7 Å². The van der Waals surface area contributed by atoms with Gasteiger partial charge in [0.05, 0.1) is 10.6 Å². The van der Waals surface area contributed by atoms with E-state index in [0.717, 1.165) is 12.8 Å². The van der Waals surface area contributed by atoms with Gasteiger partial charge in [0, 0.05) is 17.8 Å². The average molecular weight is 405 g/mol. The van der Waals surface area contributed by atoms with Crippen LogP contribution in [0.15, 0.2) is 48.5 Å². The monoisotopic (exact) mass is 404 g/mol. The number of thiocarbonyl (C=S) groups is 1. The lowest BCUT2D eigenvalue weighted by Crippen LogP contribution is -2.34. The molecule has 0 saturated carbocycles. The predicted molar refractivity (Wildman–Crippen MR) is 113 cm³/mol. The van der Waals surface area contributed by atoms with Crippen LogP contribution in [-0.2, 0) is 4.79 Å². The van der Waals surface area contributed by atoms with E-state index in [4.69, 9.17) is 29.6 Å². The van der Waals surface area contributed by atoms with Crippen molar-refractivity contribution in [1.82, 2.24) is 5.32 Å². The van der Waals surface area contributed by atoms with Crippen LogP contribution in [0.2, 0.25) is 5.02 Å². The highest BCUT2D eigenvalue weighted by molar-refractivity contribution is 7.80. The Labute approximate surface area is 168 Å². The number of benzene rings is 2. The van der Waals surface area contributed by atoms with E-state index in [-0.39, 0.29) is 16.9 Å². The summed E-state index contributed by atoms with van der Waals surface area (Å²) in [5, 5.41) is 8.81. The maximum atomic E-state index is 12.2. The molecule has 142 valence electrons. The molecule has 0 aliphatic carbocycles. The maximum absolute atomic E-state index is 12.2. The molecule has 0 radical (unpaired) electrons. The molecule has 0 aliphatic heterocycles. The molecular weight excluding hydrogens is 384 g/mol. The largest absolute Gasteiger partial charge is 0.332 e. The lowest BCUT2D eigenvalue weighted by atomic mass is 10.2. The summed E-state index contributed by atoms with van der Waals surface area (Å²) in [6.45, 7) is 0.584. The minimum Gasteiger partial charge on any atom is -0.332 e. The number of hydrogen-bond acceptors (Lipinski definition) is 4. The zero-order chi connectivity index (χ0) is 19.6. The van der Waals surface area contributed by atoms with E-state index in [9.17, 15) is 9.59 Å². The Morgan fingerprint density at radius 1 is 0.963 bits per heavy atom. The number of nitrogens with one attached hydrogen (secondary N) is 3. The van der Waals surface area contributed by atoms with Crippen molar-refractivity contribution in [2.75, 3.05) is 17.2 Å². The van der Waals surface area contributed by atoms with Crippen LogP contribution in [0.25, 0.3) is 0 Å². The van der Waals surface area contributed by atoms with Gasteiger partial charge in [-0.2, -0.15) is 0 Å². The highest BCUT2D eigenvalue weighted by atomic mass is 35.5. The summed E-state index contributed by atoms with van der Waals surface area (Å²) in [5.74, 6) is -0.439. The first kappa shape index (κ1) is 20.8.